The minimum atomic E-state index is -2.80. The molecular formula is C32H33ClN2O8S. The number of halogens is 1. The minimum Gasteiger partial charge on any atom is -0.504 e. The van der Waals surface area contributed by atoms with Gasteiger partial charge in [0.15, 0.2) is 23.0 Å². The number of rotatable bonds is 13. The van der Waals surface area contributed by atoms with Crippen LogP contribution in [0.15, 0.2) is 78.9 Å². The van der Waals surface area contributed by atoms with E-state index in [4.69, 9.17) is 21.1 Å². The second-order valence-corrected chi connectivity index (χ2v) is 11.6. The van der Waals surface area contributed by atoms with E-state index in [0.29, 0.717) is 6.42 Å². The molecule has 0 bridgehead atoms. The van der Waals surface area contributed by atoms with Gasteiger partial charge in [0.1, 0.15) is 0 Å². The SMILES string of the molecule is COc1cc(CCNC(=O)C(O)(c2ccccc2)C(O)(C(=O)NCCc2ccc(O)c(OC)c2)c2ccc(Cl)s2)ccc1O. The summed E-state index contributed by atoms with van der Waals surface area (Å²) in [5, 5.41) is 49.6. The highest BCUT2D eigenvalue weighted by Crippen LogP contribution is 2.45. The maximum absolute atomic E-state index is 13.9. The molecule has 232 valence electrons. The second kappa shape index (κ2) is 14.0. The second-order valence-electron chi connectivity index (χ2n) is 9.91. The molecule has 3 aromatic carbocycles. The fraction of sp³-hybridized carbons (Fsp3) is 0.250. The molecule has 2 unspecified atom stereocenters. The number of nitrogens with one attached hydrogen (secondary N) is 2. The number of aromatic hydroxyl groups is 2. The number of carbonyl (C=O) groups excluding carboxylic acids is 2. The summed E-state index contributed by atoms with van der Waals surface area (Å²) in [5.41, 5.74) is -4.16. The molecule has 44 heavy (non-hydrogen) atoms. The summed E-state index contributed by atoms with van der Waals surface area (Å²) in [6, 6.07) is 20.1. The smallest absolute Gasteiger partial charge is 0.261 e. The van der Waals surface area contributed by atoms with Gasteiger partial charge in [0.25, 0.3) is 11.8 Å². The van der Waals surface area contributed by atoms with Crippen molar-refractivity contribution in [2.24, 2.45) is 0 Å². The summed E-state index contributed by atoms with van der Waals surface area (Å²) in [6.07, 6.45) is 0.578. The number of methoxy groups -OCH3 is 2. The summed E-state index contributed by atoms with van der Waals surface area (Å²) >= 11 is 7.05. The molecule has 0 aliphatic rings. The van der Waals surface area contributed by atoms with Crippen LogP contribution in [0.3, 0.4) is 0 Å². The van der Waals surface area contributed by atoms with Gasteiger partial charge < -0.3 is 40.5 Å². The van der Waals surface area contributed by atoms with Gasteiger partial charge >= 0.3 is 0 Å². The normalized spacial score (nSPS) is 13.8. The molecule has 2 amide bonds. The molecule has 4 rings (SSSR count). The van der Waals surface area contributed by atoms with Crippen LogP contribution in [0, 0.1) is 0 Å². The Kier molecular flexibility index (Phi) is 10.4. The highest BCUT2D eigenvalue weighted by atomic mass is 35.5. The topological polar surface area (TPSA) is 158 Å². The van der Waals surface area contributed by atoms with Gasteiger partial charge in [0.2, 0.25) is 11.2 Å². The number of phenolic OH excluding ortho intramolecular Hbond substituents is 2. The Morgan fingerprint density at radius 2 is 1.25 bits per heavy atom. The molecule has 0 spiro atoms. The summed E-state index contributed by atoms with van der Waals surface area (Å²) in [6.45, 7) is 0.0385. The van der Waals surface area contributed by atoms with Gasteiger partial charge in [0.05, 0.1) is 23.4 Å². The van der Waals surface area contributed by atoms with Crippen LogP contribution in [0.2, 0.25) is 4.34 Å². The molecule has 12 heteroatoms. The fourth-order valence-electron chi connectivity index (χ4n) is 4.80. The number of benzene rings is 3. The first-order chi connectivity index (χ1) is 21.0. The lowest BCUT2D eigenvalue weighted by atomic mass is 9.74. The first-order valence-electron chi connectivity index (χ1n) is 13.6. The first-order valence-corrected chi connectivity index (χ1v) is 14.8. The Labute approximate surface area is 263 Å². The lowest BCUT2D eigenvalue weighted by molar-refractivity contribution is -0.191. The van der Waals surface area contributed by atoms with Gasteiger partial charge in [-0.3, -0.25) is 9.59 Å². The summed E-state index contributed by atoms with van der Waals surface area (Å²) in [5.74, 6) is -1.58. The molecule has 0 saturated carbocycles. The van der Waals surface area contributed by atoms with Crippen molar-refractivity contribution in [2.75, 3.05) is 27.3 Å². The van der Waals surface area contributed by atoms with Gasteiger partial charge in [-0.1, -0.05) is 54.1 Å². The molecule has 0 aliphatic heterocycles. The number of hydrogen-bond donors (Lipinski definition) is 6. The molecule has 1 aromatic heterocycles. The molecule has 6 N–H and O–H groups in total. The van der Waals surface area contributed by atoms with Gasteiger partial charge in [-0.25, -0.2) is 0 Å². The number of amides is 2. The van der Waals surface area contributed by atoms with Crippen LogP contribution in [0.4, 0.5) is 0 Å². The van der Waals surface area contributed by atoms with Crippen LogP contribution in [0.5, 0.6) is 23.0 Å². The molecule has 4 aromatic rings. The van der Waals surface area contributed by atoms with Crippen molar-refractivity contribution in [3.8, 4) is 23.0 Å². The summed E-state index contributed by atoms with van der Waals surface area (Å²) in [4.78, 5) is 27.8. The maximum Gasteiger partial charge on any atom is 0.261 e. The molecule has 10 nitrogen and oxygen atoms in total. The van der Waals surface area contributed by atoms with E-state index in [9.17, 15) is 30.0 Å². The first kappa shape index (κ1) is 32.6. The van der Waals surface area contributed by atoms with Crippen molar-refractivity contribution in [3.63, 3.8) is 0 Å². The molecule has 0 radical (unpaired) electrons. The van der Waals surface area contributed by atoms with Crippen LogP contribution in [0.1, 0.15) is 21.6 Å². The number of phenols is 2. The number of carbonyl (C=O) groups is 2. The van der Waals surface area contributed by atoms with E-state index in [1.54, 1.807) is 42.5 Å². The Bertz CT molecular complexity index is 1620. The lowest BCUT2D eigenvalue weighted by Crippen LogP contribution is -2.64. The van der Waals surface area contributed by atoms with E-state index in [1.807, 2.05) is 0 Å². The van der Waals surface area contributed by atoms with Crippen LogP contribution in [0.25, 0.3) is 0 Å². The van der Waals surface area contributed by atoms with Crippen LogP contribution in [-0.4, -0.2) is 59.5 Å². The van der Waals surface area contributed by atoms with Crippen molar-refractivity contribution >= 4 is 34.8 Å². The van der Waals surface area contributed by atoms with Crippen molar-refractivity contribution < 1.29 is 39.5 Å². The molecule has 2 atom stereocenters. The molecular weight excluding hydrogens is 608 g/mol. The predicted octanol–water partition coefficient (Wildman–Crippen LogP) is 3.62. The van der Waals surface area contributed by atoms with Gasteiger partial charge in [-0.2, -0.15) is 0 Å². The van der Waals surface area contributed by atoms with Crippen LogP contribution < -0.4 is 20.1 Å². The fourth-order valence-corrected chi connectivity index (χ4v) is 5.98. The predicted molar refractivity (Wildman–Crippen MR) is 166 cm³/mol. The number of thiophene rings is 1. The number of ether oxygens (including phenoxy) is 2. The van der Waals surface area contributed by atoms with Crippen molar-refractivity contribution in [2.45, 2.75) is 24.0 Å². The number of hydrogen-bond acceptors (Lipinski definition) is 9. The average Bonchev–Trinajstić information content (AvgIpc) is 3.48. The monoisotopic (exact) mass is 640 g/mol. The zero-order chi connectivity index (χ0) is 31.9. The van der Waals surface area contributed by atoms with Gasteiger partial charge in [0, 0.05) is 13.1 Å². The number of aliphatic hydroxyl groups is 2. The average molecular weight is 641 g/mol. The Balaban J connectivity index is 1.64. The van der Waals surface area contributed by atoms with E-state index < -0.39 is 23.0 Å². The molecule has 1 heterocycles. The van der Waals surface area contributed by atoms with Crippen molar-refractivity contribution in [1.82, 2.24) is 10.6 Å². The molecule has 0 aliphatic carbocycles. The molecule has 0 fully saturated rings. The van der Waals surface area contributed by atoms with Crippen molar-refractivity contribution in [1.29, 1.82) is 0 Å². The highest BCUT2D eigenvalue weighted by molar-refractivity contribution is 7.16. The molecule has 0 saturated heterocycles. The van der Waals surface area contributed by atoms with Gasteiger partial charge in [-0.15, -0.1) is 11.3 Å². The standard InChI is InChI=1S/C32H33ClN2O8S/c1-42-25-18-20(8-10-23(25)36)14-16-34-29(38)31(40,22-6-4-3-5-7-22)32(41,27-12-13-28(33)44-27)30(39)35-17-15-21-9-11-24(37)26(19-21)43-2/h3-13,18-19,36-37,40-41H,14-17H2,1-2H3,(H,34,38)(H,35,39). The van der Waals surface area contributed by atoms with Gasteiger partial charge in [-0.05, 0) is 65.9 Å². The van der Waals surface area contributed by atoms with E-state index in [-0.39, 0.29) is 57.3 Å². The Morgan fingerprint density at radius 3 is 1.70 bits per heavy atom. The van der Waals surface area contributed by atoms with E-state index in [0.717, 1.165) is 22.5 Å². The lowest BCUT2D eigenvalue weighted by Gasteiger charge is -2.40. The Morgan fingerprint density at radius 1 is 0.750 bits per heavy atom. The van der Waals surface area contributed by atoms with E-state index in [2.05, 4.69) is 10.6 Å². The minimum absolute atomic E-state index is 0.0172. The largest absolute Gasteiger partial charge is 0.504 e. The summed E-state index contributed by atoms with van der Waals surface area (Å²) < 4.78 is 10.5. The maximum atomic E-state index is 13.9. The van der Waals surface area contributed by atoms with Crippen LogP contribution in [-0.2, 0) is 33.6 Å². The zero-order valence-electron chi connectivity index (χ0n) is 24.0. The third-order valence-corrected chi connectivity index (χ3v) is 8.53. The Hall–Kier alpha value is -4.29. The highest BCUT2D eigenvalue weighted by Gasteiger charge is 2.62. The van der Waals surface area contributed by atoms with E-state index >= 15 is 0 Å². The third-order valence-electron chi connectivity index (χ3n) is 7.19. The quantitative estimate of drug-likeness (QED) is 0.129. The third kappa shape index (κ3) is 6.61. The summed E-state index contributed by atoms with van der Waals surface area (Å²) in [7, 11) is 2.84. The van der Waals surface area contributed by atoms with Crippen LogP contribution >= 0.6 is 22.9 Å². The van der Waals surface area contributed by atoms with E-state index in [1.165, 1.54) is 50.6 Å². The zero-order valence-corrected chi connectivity index (χ0v) is 25.6. The van der Waals surface area contributed by atoms with Crippen molar-refractivity contribution in [3.05, 3.63) is 105 Å².